The van der Waals surface area contributed by atoms with E-state index in [0.29, 0.717) is 23.7 Å². The van der Waals surface area contributed by atoms with Gasteiger partial charge in [0.15, 0.2) is 0 Å². The van der Waals surface area contributed by atoms with E-state index < -0.39 is 5.54 Å². The van der Waals surface area contributed by atoms with Gasteiger partial charge in [0.05, 0.1) is 5.54 Å². The Morgan fingerprint density at radius 1 is 1.26 bits per heavy atom. The van der Waals surface area contributed by atoms with Gasteiger partial charge in [-0.15, -0.1) is 0 Å². The first-order valence-electron chi connectivity index (χ1n) is 7.66. The number of ether oxygens (including phenoxy) is 1. The maximum absolute atomic E-state index is 12.4. The van der Waals surface area contributed by atoms with Crippen LogP contribution in [0.2, 0.25) is 0 Å². The topological polar surface area (TPSA) is 77.2 Å². The van der Waals surface area contributed by atoms with Crippen LogP contribution in [0, 0.1) is 5.92 Å². The van der Waals surface area contributed by atoms with Crippen molar-refractivity contribution in [1.82, 2.24) is 10.3 Å². The second kappa shape index (κ2) is 7.24. The highest BCUT2D eigenvalue weighted by atomic mass is 16.5. The largest absolute Gasteiger partial charge is 0.457 e. The third-order valence-corrected chi connectivity index (χ3v) is 4.04. The summed E-state index contributed by atoms with van der Waals surface area (Å²) < 4.78 is 5.73. The zero-order valence-corrected chi connectivity index (χ0v) is 13.7. The molecule has 0 spiro atoms. The Morgan fingerprint density at radius 3 is 2.57 bits per heavy atom. The van der Waals surface area contributed by atoms with Crippen LogP contribution in [0.5, 0.6) is 11.5 Å². The van der Waals surface area contributed by atoms with Crippen molar-refractivity contribution in [1.29, 1.82) is 0 Å². The maximum Gasteiger partial charge on any atom is 0.270 e. The monoisotopic (exact) mass is 313 g/mol. The first-order chi connectivity index (χ1) is 10.9. The van der Waals surface area contributed by atoms with E-state index in [-0.39, 0.29) is 11.8 Å². The standard InChI is InChI=1S/C18H23N3O2/c1-13(2)18(3,12-19)21-17(22)16-11-15(9-10-20-16)23-14-7-5-4-6-8-14/h4-11,13H,12,19H2,1-3H3,(H,21,22). The van der Waals surface area contributed by atoms with Gasteiger partial charge in [-0.3, -0.25) is 9.78 Å². The number of benzene rings is 1. The average Bonchev–Trinajstić information content (AvgIpc) is 2.55. The molecule has 23 heavy (non-hydrogen) atoms. The lowest BCUT2D eigenvalue weighted by atomic mass is 9.88. The summed E-state index contributed by atoms with van der Waals surface area (Å²) in [5, 5.41) is 2.97. The molecule has 1 aromatic heterocycles. The van der Waals surface area contributed by atoms with Crippen LogP contribution in [-0.4, -0.2) is 23.0 Å². The van der Waals surface area contributed by atoms with Crippen molar-refractivity contribution in [2.75, 3.05) is 6.54 Å². The van der Waals surface area contributed by atoms with Crippen LogP contribution in [0.1, 0.15) is 31.3 Å². The van der Waals surface area contributed by atoms with E-state index in [1.165, 1.54) is 0 Å². The normalized spacial score (nSPS) is 13.4. The molecule has 1 unspecified atom stereocenters. The predicted molar refractivity (Wildman–Crippen MR) is 90.5 cm³/mol. The molecule has 0 aliphatic rings. The maximum atomic E-state index is 12.4. The van der Waals surface area contributed by atoms with Gasteiger partial charge in [-0.05, 0) is 31.0 Å². The number of hydrogen-bond acceptors (Lipinski definition) is 4. The molecular formula is C18H23N3O2. The minimum absolute atomic E-state index is 0.209. The number of amides is 1. The average molecular weight is 313 g/mol. The van der Waals surface area contributed by atoms with Crippen molar-refractivity contribution in [2.24, 2.45) is 11.7 Å². The van der Waals surface area contributed by atoms with Gasteiger partial charge in [-0.25, -0.2) is 0 Å². The number of carbonyl (C=O) groups is 1. The van der Waals surface area contributed by atoms with Crippen molar-refractivity contribution in [2.45, 2.75) is 26.3 Å². The Hall–Kier alpha value is -2.40. The van der Waals surface area contributed by atoms with Crippen LogP contribution in [0.3, 0.4) is 0 Å². The molecule has 0 bridgehead atoms. The molecule has 5 heteroatoms. The first kappa shape index (κ1) is 17.0. The first-order valence-corrected chi connectivity index (χ1v) is 7.66. The lowest BCUT2D eigenvalue weighted by molar-refractivity contribution is 0.0877. The number of pyridine rings is 1. The van der Waals surface area contributed by atoms with Crippen LogP contribution >= 0.6 is 0 Å². The van der Waals surface area contributed by atoms with Crippen molar-refractivity contribution in [3.05, 3.63) is 54.4 Å². The third kappa shape index (κ3) is 4.29. The summed E-state index contributed by atoms with van der Waals surface area (Å²) >= 11 is 0. The lowest BCUT2D eigenvalue weighted by Gasteiger charge is -2.33. The van der Waals surface area contributed by atoms with Crippen LogP contribution in [0.4, 0.5) is 0 Å². The fraction of sp³-hybridized carbons (Fsp3) is 0.333. The quantitative estimate of drug-likeness (QED) is 0.859. The van der Waals surface area contributed by atoms with Crippen molar-refractivity contribution >= 4 is 5.91 Å². The number of rotatable bonds is 6. The second-order valence-electron chi connectivity index (χ2n) is 6.02. The molecule has 2 rings (SSSR count). The molecule has 0 fully saturated rings. The van der Waals surface area contributed by atoms with Gasteiger partial charge in [-0.1, -0.05) is 32.0 Å². The van der Waals surface area contributed by atoms with Crippen LogP contribution < -0.4 is 15.8 Å². The van der Waals surface area contributed by atoms with Crippen molar-refractivity contribution in [3.8, 4) is 11.5 Å². The van der Waals surface area contributed by atoms with Gasteiger partial charge in [-0.2, -0.15) is 0 Å². The molecule has 1 amide bonds. The zero-order chi connectivity index (χ0) is 16.9. The minimum atomic E-state index is -0.477. The number of nitrogens with one attached hydrogen (secondary N) is 1. The summed E-state index contributed by atoms with van der Waals surface area (Å²) in [4.78, 5) is 16.6. The number of aromatic nitrogens is 1. The Balaban J connectivity index is 2.14. The Morgan fingerprint density at radius 2 is 1.96 bits per heavy atom. The Kier molecular flexibility index (Phi) is 5.34. The molecule has 3 N–H and O–H groups in total. The molecule has 0 aliphatic carbocycles. The number of nitrogens with zero attached hydrogens (tertiary/aromatic N) is 1. The number of nitrogens with two attached hydrogens (primary N) is 1. The van der Waals surface area contributed by atoms with E-state index in [9.17, 15) is 4.79 Å². The molecule has 1 aromatic carbocycles. The predicted octanol–water partition coefficient (Wildman–Crippen LogP) is 2.98. The fourth-order valence-corrected chi connectivity index (χ4v) is 1.98. The highest BCUT2D eigenvalue weighted by Crippen LogP contribution is 2.21. The molecule has 0 saturated carbocycles. The second-order valence-corrected chi connectivity index (χ2v) is 6.02. The SMILES string of the molecule is CC(C)C(C)(CN)NC(=O)c1cc(Oc2ccccc2)ccn1. The fourth-order valence-electron chi connectivity index (χ4n) is 1.98. The van der Waals surface area contributed by atoms with Gasteiger partial charge in [0.25, 0.3) is 5.91 Å². The van der Waals surface area contributed by atoms with Crippen LogP contribution in [0.25, 0.3) is 0 Å². The molecular weight excluding hydrogens is 290 g/mol. The highest BCUT2D eigenvalue weighted by Gasteiger charge is 2.29. The summed E-state index contributed by atoms with van der Waals surface area (Å²) in [5.74, 6) is 1.22. The van der Waals surface area contributed by atoms with Gasteiger partial charge in [0.1, 0.15) is 17.2 Å². The van der Waals surface area contributed by atoms with E-state index in [0.717, 1.165) is 0 Å². The van der Waals surface area contributed by atoms with Crippen LogP contribution in [0.15, 0.2) is 48.7 Å². The van der Waals surface area contributed by atoms with Gasteiger partial charge in [0, 0.05) is 18.8 Å². The van der Waals surface area contributed by atoms with E-state index in [1.807, 2.05) is 51.1 Å². The Bertz CT molecular complexity index is 658. The summed E-state index contributed by atoms with van der Waals surface area (Å²) in [7, 11) is 0. The molecule has 0 aliphatic heterocycles. The van der Waals surface area contributed by atoms with Crippen molar-refractivity contribution in [3.63, 3.8) is 0 Å². The van der Waals surface area contributed by atoms with E-state index in [4.69, 9.17) is 10.5 Å². The van der Waals surface area contributed by atoms with Gasteiger partial charge < -0.3 is 15.8 Å². The van der Waals surface area contributed by atoms with Gasteiger partial charge >= 0.3 is 0 Å². The van der Waals surface area contributed by atoms with E-state index in [2.05, 4.69) is 10.3 Å². The number of carbonyl (C=O) groups excluding carboxylic acids is 1. The van der Waals surface area contributed by atoms with E-state index >= 15 is 0 Å². The lowest BCUT2D eigenvalue weighted by Crippen LogP contribution is -2.55. The third-order valence-electron chi connectivity index (χ3n) is 4.04. The van der Waals surface area contributed by atoms with Gasteiger partial charge in [0.2, 0.25) is 0 Å². The van der Waals surface area contributed by atoms with Crippen LogP contribution in [-0.2, 0) is 0 Å². The van der Waals surface area contributed by atoms with E-state index in [1.54, 1.807) is 18.3 Å². The molecule has 2 aromatic rings. The minimum Gasteiger partial charge on any atom is -0.457 e. The number of para-hydroxylation sites is 1. The number of hydrogen-bond donors (Lipinski definition) is 2. The zero-order valence-electron chi connectivity index (χ0n) is 13.7. The molecule has 5 nitrogen and oxygen atoms in total. The van der Waals surface area contributed by atoms with Crippen molar-refractivity contribution < 1.29 is 9.53 Å². The summed E-state index contributed by atoms with van der Waals surface area (Å²) in [6, 6.07) is 12.7. The smallest absolute Gasteiger partial charge is 0.270 e. The summed E-state index contributed by atoms with van der Waals surface area (Å²) in [5.41, 5.74) is 5.63. The molecule has 1 heterocycles. The summed E-state index contributed by atoms with van der Waals surface area (Å²) in [6.45, 7) is 6.33. The highest BCUT2D eigenvalue weighted by molar-refractivity contribution is 5.93. The molecule has 0 radical (unpaired) electrons. The summed E-state index contributed by atoms with van der Waals surface area (Å²) in [6.07, 6.45) is 1.56. The molecule has 122 valence electrons. The molecule has 0 saturated heterocycles. The Labute approximate surface area is 136 Å². The molecule has 1 atom stereocenters.